The van der Waals surface area contributed by atoms with Crippen LogP contribution in [-0.2, 0) is 9.59 Å². The number of benzene rings is 1. The minimum atomic E-state index is -0.276. The van der Waals surface area contributed by atoms with E-state index in [0.29, 0.717) is 18.9 Å². The molecule has 2 aliphatic rings. The van der Waals surface area contributed by atoms with E-state index in [1.54, 1.807) is 0 Å². The van der Waals surface area contributed by atoms with E-state index in [1.807, 2.05) is 53.1 Å². The fourth-order valence-electron chi connectivity index (χ4n) is 3.96. The summed E-state index contributed by atoms with van der Waals surface area (Å²) in [5.74, 6) is 0.872. The maximum absolute atomic E-state index is 13.1. The Bertz CT molecular complexity index is 660. The molecule has 140 valence electrons. The van der Waals surface area contributed by atoms with E-state index in [0.717, 1.165) is 49.9 Å². The van der Waals surface area contributed by atoms with Crippen LogP contribution in [0.25, 0.3) is 6.08 Å². The quantitative estimate of drug-likeness (QED) is 0.773. The van der Waals surface area contributed by atoms with E-state index in [9.17, 15) is 9.59 Å². The summed E-state index contributed by atoms with van der Waals surface area (Å²) in [5.41, 5.74) is 1.81. The van der Waals surface area contributed by atoms with Crippen LogP contribution in [-0.4, -0.2) is 47.3 Å². The lowest BCUT2D eigenvalue weighted by Gasteiger charge is -2.34. The van der Waals surface area contributed by atoms with Gasteiger partial charge >= 0.3 is 0 Å². The van der Waals surface area contributed by atoms with Crippen molar-refractivity contribution in [3.63, 3.8) is 0 Å². The second-order valence-corrected chi connectivity index (χ2v) is 7.60. The minimum Gasteiger partial charge on any atom is -0.341 e. The molecule has 1 atom stereocenters. The second kappa shape index (κ2) is 8.52. The molecule has 0 unspecified atom stereocenters. The Balaban J connectivity index is 1.73. The number of piperidine rings is 1. The van der Waals surface area contributed by atoms with Crippen LogP contribution in [0, 0.1) is 5.92 Å². The average Bonchev–Trinajstić information content (AvgIpc) is 3.16. The van der Waals surface area contributed by atoms with Crippen LogP contribution in [0.15, 0.2) is 35.9 Å². The summed E-state index contributed by atoms with van der Waals surface area (Å²) in [4.78, 5) is 29.9. The molecule has 2 saturated heterocycles. The monoisotopic (exact) mass is 354 g/mol. The first kappa shape index (κ1) is 18.7. The lowest BCUT2D eigenvalue weighted by atomic mass is 9.98. The summed E-state index contributed by atoms with van der Waals surface area (Å²) in [6.07, 6.45) is 6.48. The molecule has 2 amide bonds. The van der Waals surface area contributed by atoms with Crippen molar-refractivity contribution in [2.45, 2.75) is 52.0 Å². The molecule has 0 radical (unpaired) electrons. The number of hydrogen-bond donors (Lipinski definition) is 0. The standard InChI is InChI=1S/C22H30N2O2/c1-3-19(16-18-8-5-4-6-9-18)21(25)24-13-7-10-20(24)22(26)23-14-11-17(2)12-15-23/h4-6,8-9,16-17,20H,3,7,10-15H2,1-2H3/b19-16+/t20-/m0/s1. The third kappa shape index (κ3) is 4.17. The maximum atomic E-state index is 13.1. The van der Waals surface area contributed by atoms with Gasteiger partial charge in [0.05, 0.1) is 0 Å². The van der Waals surface area contributed by atoms with Gasteiger partial charge in [-0.05, 0) is 49.7 Å². The largest absolute Gasteiger partial charge is 0.341 e. The molecule has 0 aromatic heterocycles. The van der Waals surface area contributed by atoms with Gasteiger partial charge in [-0.25, -0.2) is 0 Å². The Morgan fingerprint density at radius 1 is 1.08 bits per heavy atom. The Hall–Kier alpha value is -2.10. The first-order valence-corrected chi connectivity index (χ1v) is 9.95. The van der Waals surface area contributed by atoms with E-state index < -0.39 is 0 Å². The SMILES string of the molecule is CC/C(=C\c1ccccc1)C(=O)N1CCC[C@H]1C(=O)N1CCC(C)CC1. The zero-order valence-electron chi connectivity index (χ0n) is 16.0. The van der Waals surface area contributed by atoms with Gasteiger partial charge in [0.15, 0.2) is 0 Å². The lowest BCUT2D eigenvalue weighted by Crippen LogP contribution is -2.50. The third-order valence-electron chi connectivity index (χ3n) is 5.69. The number of nitrogens with zero attached hydrogens (tertiary/aromatic N) is 2. The zero-order chi connectivity index (χ0) is 18.5. The predicted octanol–water partition coefficient (Wildman–Crippen LogP) is 3.73. The molecule has 26 heavy (non-hydrogen) atoms. The molecule has 2 aliphatic heterocycles. The summed E-state index contributed by atoms with van der Waals surface area (Å²) in [6.45, 7) is 6.60. The van der Waals surface area contributed by atoms with Crippen molar-refractivity contribution in [2.24, 2.45) is 5.92 Å². The van der Waals surface area contributed by atoms with Crippen LogP contribution >= 0.6 is 0 Å². The van der Waals surface area contributed by atoms with Gasteiger partial charge in [0.25, 0.3) is 0 Å². The summed E-state index contributed by atoms with van der Waals surface area (Å²) in [5, 5.41) is 0. The smallest absolute Gasteiger partial charge is 0.250 e. The van der Waals surface area contributed by atoms with E-state index in [1.165, 1.54) is 0 Å². The van der Waals surface area contributed by atoms with Gasteiger partial charge < -0.3 is 9.80 Å². The predicted molar refractivity (Wildman–Crippen MR) is 104 cm³/mol. The Morgan fingerprint density at radius 3 is 2.42 bits per heavy atom. The van der Waals surface area contributed by atoms with Crippen molar-refractivity contribution >= 4 is 17.9 Å². The summed E-state index contributed by atoms with van der Waals surface area (Å²) >= 11 is 0. The van der Waals surface area contributed by atoms with Crippen molar-refractivity contribution in [1.82, 2.24) is 9.80 Å². The van der Waals surface area contributed by atoms with Gasteiger partial charge in [0.2, 0.25) is 11.8 Å². The van der Waals surface area contributed by atoms with Crippen LogP contribution < -0.4 is 0 Å². The number of carbonyl (C=O) groups is 2. The van der Waals surface area contributed by atoms with Crippen molar-refractivity contribution in [1.29, 1.82) is 0 Å². The molecule has 4 nitrogen and oxygen atoms in total. The fraction of sp³-hybridized carbons (Fsp3) is 0.545. The van der Waals surface area contributed by atoms with Crippen LogP contribution in [0.4, 0.5) is 0 Å². The molecule has 2 fully saturated rings. The topological polar surface area (TPSA) is 40.6 Å². The highest BCUT2D eigenvalue weighted by Gasteiger charge is 2.37. The highest BCUT2D eigenvalue weighted by Crippen LogP contribution is 2.25. The highest BCUT2D eigenvalue weighted by atomic mass is 16.2. The minimum absolute atomic E-state index is 0.0255. The average molecular weight is 354 g/mol. The van der Waals surface area contributed by atoms with Gasteiger partial charge in [0, 0.05) is 25.2 Å². The molecule has 0 N–H and O–H groups in total. The number of amides is 2. The molecule has 0 bridgehead atoms. The van der Waals surface area contributed by atoms with E-state index in [4.69, 9.17) is 0 Å². The summed E-state index contributed by atoms with van der Waals surface area (Å²) in [7, 11) is 0. The summed E-state index contributed by atoms with van der Waals surface area (Å²) < 4.78 is 0. The maximum Gasteiger partial charge on any atom is 0.250 e. The Morgan fingerprint density at radius 2 is 1.77 bits per heavy atom. The van der Waals surface area contributed by atoms with Crippen molar-refractivity contribution < 1.29 is 9.59 Å². The molecule has 3 rings (SSSR count). The molecule has 0 saturated carbocycles. The van der Waals surface area contributed by atoms with Gasteiger partial charge in [-0.2, -0.15) is 0 Å². The fourth-order valence-corrected chi connectivity index (χ4v) is 3.96. The number of carbonyl (C=O) groups excluding carboxylic acids is 2. The molecule has 0 aliphatic carbocycles. The molecule has 1 aromatic carbocycles. The molecule has 1 aromatic rings. The van der Waals surface area contributed by atoms with Gasteiger partial charge in [-0.15, -0.1) is 0 Å². The van der Waals surface area contributed by atoms with Gasteiger partial charge in [-0.1, -0.05) is 44.2 Å². The molecule has 0 spiro atoms. The summed E-state index contributed by atoms with van der Waals surface area (Å²) in [6, 6.07) is 9.65. The second-order valence-electron chi connectivity index (χ2n) is 7.60. The number of hydrogen-bond acceptors (Lipinski definition) is 2. The van der Waals surface area contributed by atoms with E-state index >= 15 is 0 Å². The van der Waals surface area contributed by atoms with Crippen molar-refractivity contribution in [2.75, 3.05) is 19.6 Å². The molecular formula is C22H30N2O2. The number of rotatable bonds is 4. The lowest BCUT2D eigenvalue weighted by molar-refractivity contribution is -0.143. The van der Waals surface area contributed by atoms with Crippen LogP contribution in [0.1, 0.15) is 51.5 Å². The van der Waals surface area contributed by atoms with Crippen molar-refractivity contribution in [3.8, 4) is 0 Å². The van der Waals surface area contributed by atoms with E-state index in [2.05, 4.69) is 6.92 Å². The van der Waals surface area contributed by atoms with Gasteiger partial charge in [-0.3, -0.25) is 9.59 Å². The number of likely N-dealkylation sites (tertiary alicyclic amines) is 2. The molecular weight excluding hydrogens is 324 g/mol. The highest BCUT2D eigenvalue weighted by molar-refractivity contribution is 6.00. The Labute approximate surface area is 156 Å². The van der Waals surface area contributed by atoms with Crippen LogP contribution in [0.2, 0.25) is 0 Å². The molecule has 4 heteroatoms. The first-order chi connectivity index (χ1) is 12.6. The van der Waals surface area contributed by atoms with Gasteiger partial charge in [0.1, 0.15) is 6.04 Å². The molecule has 2 heterocycles. The van der Waals surface area contributed by atoms with E-state index in [-0.39, 0.29) is 17.9 Å². The Kier molecular flexibility index (Phi) is 6.12. The zero-order valence-corrected chi connectivity index (χ0v) is 16.0. The first-order valence-electron chi connectivity index (χ1n) is 9.95. The van der Waals surface area contributed by atoms with Crippen LogP contribution in [0.3, 0.4) is 0 Å². The van der Waals surface area contributed by atoms with Crippen LogP contribution in [0.5, 0.6) is 0 Å². The van der Waals surface area contributed by atoms with Crippen molar-refractivity contribution in [3.05, 3.63) is 41.5 Å². The normalized spacial score (nSPS) is 21.9. The third-order valence-corrected chi connectivity index (χ3v) is 5.69.